The lowest BCUT2D eigenvalue weighted by Gasteiger charge is -2.34. The molecule has 0 saturated carbocycles. The van der Waals surface area contributed by atoms with Gasteiger partial charge in [-0.3, -0.25) is 9.80 Å². The molecule has 0 N–H and O–H groups in total. The number of fused-ring (bicyclic) bond motifs is 3. The molecule has 7 heteroatoms. The molecule has 4 rings (SSSR count). The maximum absolute atomic E-state index is 13.8. The zero-order chi connectivity index (χ0) is 24.0. The van der Waals surface area contributed by atoms with Gasteiger partial charge in [-0.2, -0.15) is 15.6 Å². The van der Waals surface area contributed by atoms with Gasteiger partial charge in [-0.1, -0.05) is 51.1 Å². The van der Waals surface area contributed by atoms with Gasteiger partial charge in [-0.25, -0.2) is 0 Å². The Balaban J connectivity index is 2.02. The molecule has 2 aromatic rings. The number of ketones is 1. The highest BCUT2D eigenvalue weighted by Gasteiger charge is 2.65. The molecule has 2 aromatic carbocycles. The lowest BCUT2D eigenvalue weighted by molar-refractivity contribution is -0.131. The van der Waals surface area contributed by atoms with E-state index in [1.54, 1.807) is 36.5 Å². The molecule has 0 aromatic heterocycles. The molecule has 0 amide bonds. The molecule has 0 bridgehead atoms. The average molecular weight is 443 g/mol. The topological polar surface area (TPSA) is 98.7 Å². The molecule has 168 valence electrons. The number of ether oxygens (including phenoxy) is 2. The van der Waals surface area contributed by atoms with E-state index in [1.165, 1.54) is 7.11 Å². The van der Waals surface area contributed by atoms with Gasteiger partial charge in [-0.15, -0.1) is 0 Å². The minimum absolute atomic E-state index is 0.0869. The van der Waals surface area contributed by atoms with E-state index in [0.717, 1.165) is 11.1 Å². The van der Waals surface area contributed by atoms with Crippen LogP contribution in [0.25, 0.3) is 0 Å². The lowest BCUT2D eigenvalue weighted by atomic mass is 9.66. The van der Waals surface area contributed by atoms with Crippen molar-refractivity contribution in [1.29, 1.82) is 10.5 Å². The number of methoxy groups -OCH3 is 2. The van der Waals surface area contributed by atoms with Crippen molar-refractivity contribution >= 4 is 12.0 Å². The quantitative estimate of drug-likeness (QED) is 0.703. The molecular weight excluding hydrogens is 416 g/mol. The predicted molar refractivity (Wildman–Crippen MR) is 123 cm³/mol. The number of rotatable bonds is 4. The normalized spacial score (nSPS) is 22.5. The average Bonchev–Trinajstić information content (AvgIpc) is 3.13. The smallest absolute Gasteiger partial charge is 0.178 e. The summed E-state index contributed by atoms with van der Waals surface area (Å²) in [4.78, 5) is 13.8. The minimum atomic E-state index is -1.56. The van der Waals surface area contributed by atoms with Crippen LogP contribution in [0.2, 0.25) is 0 Å². The van der Waals surface area contributed by atoms with Gasteiger partial charge in [0.1, 0.15) is 12.1 Å². The fourth-order valence-corrected chi connectivity index (χ4v) is 4.97. The summed E-state index contributed by atoms with van der Waals surface area (Å²) in [5.41, 5.74) is 0.0329. The summed E-state index contributed by atoms with van der Waals surface area (Å²) in [6, 6.07) is 16.0. The van der Waals surface area contributed by atoms with Crippen LogP contribution in [0.3, 0.4) is 0 Å². The van der Waals surface area contributed by atoms with Gasteiger partial charge in [-0.05, 0) is 28.8 Å². The van der Waals surface area contributed by atoms with Gasteiger partial charge >= 0.3 is 0 Å². The number of hydrogen-bond acceptors (Lipinski definition) is 7. The number of nitriles is 2. The standard InChI is InChI=1S/C26H26N4O3/c1-25(2,3)24(31)22-21(16-10-11-19(32-4)20(12-16)33-5)26(14-27,15-28)23-18-9-7-6-8-17(18)13-29-30(22)23/h6-13,21-23H,1-5H3/t21-,22-,23+/m1/s1. The number of hydrazone groups is 1. The maximum Gasteiger partial charge on any atom is 0.178 e. The third kappa shape index (κ3) is 3.24. The highest BCUT2D eigenvalue weighted by molar-refractivity contribution is 5.92. The van der Waals surface area contributed by atoms with Crippen molar-refractivity contribution in [2.75, 3.05) is 14.2 Å². The van der Waals surface area contributed by atoms with Crippen LogP contribution in [0.15, 0.2) is 47.6 Å². The third-order valence-corrected chi connectivity index (χ3v) is 6.55. The summed E-state index contributed by atoms with van der Waals surface area (Å²) in [5, 5.41) is 27.3. The number of nitrogens with zero attached hydrogens (tertiary/aromatic N) is 4. The van der Waals surface area contributed by atoms with Crippen molar-refractivity contribution in [1.82, 2.24) is 5.01 Å². The Morgan fingerprint density at radius 1 is 1.06 bits per heavy atom. The first-order valence-electron chi connectivity index (χ1n) is 10.7. The molecule has 33 heavy (non-hydrogen) atoms. The monoisotopic (exact) mass is 442 g/mol. The zero-order valence-corrected chi connectivity index (χ0v) is 19.4. The molecule has 2 aliphatic heterocycles. The van der Waals surface area contributed by atoms with Crippen LogP contribution < -0.4 is 9.47 Å². The molecule has 0 spiro atoms. The SMILES string of the molecule is COc1ccc([C@@H]2[C@H](C(=O)C(C)(C)C)N3N=Cc4ccccc4[C@H]3C2(C#N)C#N)cc1OC. The molecule has 7 nitrogen and oxygen atoms in total. The van der Waals surface area contributed by atoms with Gasteiger partial charge < -0.3 is 9.47 Å². The van der Waals surface area contributed by atoms with Gasteiger partial charge in [0.05, 0.1) is 32.6 Å². The summed E-state index contributed by atoms with van der Waals surface area (Å²) in [6.07, 6.45) is 1.70. The summed E-state index contributed by atoms with van der Waals surface area (Å²) in [7, 11) is 3.07. The minimum Gasteiger partial charge on any atom is -0.493 e. The van der Waals surface area contributed by atoms with E-state index in [2.05, 4.69) is 17.2 Å². The van der Waals surface area contributed by atoms with Crippen LogP contribution in [0.1, 0.15) is 49.4 Å². The molecule has 0 unspecified atom stereocenters. The number of carbonyl (C=O) groups excluding carboxylic acids is 1. The van der Waals surface area contributed by atoms with Crippen LogP contribution in [0.5, 0.6) is 11.5 Å². The highest BCUT2D eigenvalue weighted by atomic mass is 16.5. The van der Waals surface area contributed by atoms with E-state index in [0.29, 0.717) is 17.1 Å². The Hall–Kier alpha value is -3.84. The molecule has 1 saturated heterocycles. The summed E-state index contributed by atoms with van der Waals surface area (Å²) in [5.74, 6) is 0.151. The number of benzene rings is 2. The summed E-state index contributed by atoms with van der Waals surface area (Å²) >= 11 is 0. The number of carbonyl (C=O) groups is 1. The summed E-state index contributed by atoms with van der Waals surface area (Å²) in [6.45, 7) is 5.53. The third-order valence-electron chi connectivity index (χ3n) is 6.55. The fourth-order valence-electron chi connectivity index (χ4n) is 4.97. The Morgan fingerprint density at radius 3 is 2.33 bits per heavy atom. The second-order valence-corrected chi connectivity index (χ2v) is 9.40. The first-order chi connectivity index (χ1) is 15.7. The van der Waals surface area contributed by atoms with Crippen LogP contribution in [-0.4, -0.2) is 37.3 Å². The predicted octanol–water partition coefficient (Wildman–Crippen LogP) is 4.21. The Morgan fingerprint density at radius 2 is 1.73 bits per heavy atom. The van der Waals surface area contributed by atoms with E-state index in [9.17, 15) is 15.3 Å². The van der Waals surface area contributed by atoms with Crippen molar-refractivity contribution in [2.24, 2.45) is 15.9 Å². The first kappa shape index (κ1) is 22.4. The van der Waals surface area contributed by atoms with Crippen molar-refractivity contribution in [3.8, 4) is 23.6 Å². The Labute approximate surface area is 193 Å². The van der Waals surface area contributed by atoms with Gasteiger partial charge in [0.25, 0.3) is 0 Å². The van der Waals surface area contributed by atoms with Gasteiger partial charge in [0.15, 0.2) is 22.7 Å². The molecule has 0 radical (unpaired) electrons. The largest absolute Gasteiger partial charge is 0.493 e. The van der Waals surface area contributed by atoms with E-state index < -0.39 is 28.8 Å². The molecule has 2 heterocycles. The molecule has 0 aliphatic carbocycles. The number of Topliss-reactive ketones (excluding diaryl/α,β-unsaturated/α-hetero) is 1. The number of hydrogen-bond donors (Lipinski definition) is 0. The zero-order valence-electron chi connectivity index (χ0n) is 19.4. The molecular formula is C26H26N4O3. The maximum atomic E-state index is 13.8. The van der Waals surface area contributed by atoms with E-state index in [1.807, 2.05) is 45.0 Å². The van der Waals surface area contributed by atoms with Crippen molar-refractivity contribution in [2.45, 2.75) is 38.8 Å². The van der Waals surface area contributed by atoms with Crippen LogP contribution in [-0.2, 0) is 4.79 Å². The molecule has 3 atom stereocenters. The highest BCUT2D eigenvalue weighted by Crippen LogP contribution is 2.60. The van der Waals surface area contributed by atoms with Crippen molar-refractivity contribution < 1.29 is 14.3 Å². The Bertz CT molecular complexity index is 1200. The van der Waals surface area contributed by atoms with Crippen molar-refractivity contribution in [3.05, 3.63) is 59.2 Å². The lowest BCUT2D eigenvalue weighted by Crippen LogP contribution is -2.43. The van der Waals surface area contributed by atoms with E-state index in [4.69, 9.17) is 9.47 Å². The van der Waals surface area contributed by atoms with Crippen LogP contribution in [0, 0.1) is 33.5 Å². The van der Waals surface area contributed by atoms with Gasteiger partial charge in [0.2, 0.25) is 0 Å². The first-order valence-corrected chi connectivity index (χ1v) is 10.7. The van der Waals surface area contributed by atoms with Crippen molar-refractivity contribution in [3.63, 3.8) is 0 Å². The van der Waals surface area contributed by atoms with Gasteiger partial charge in [0, 0.05) is 11.3 Å². The second kappa shape index (κ2) is 7.94. The second-order valence-electron chi connectivity index (χ2n) is 9.40. The molecule has 1 fully saturated rings. The van der Waals surface area contributed by atoms with Crippen LogP contribution >= 0.6 is 0 Å². The van der Waals surface area contributed by atoms with E-state index >= 15 is 0 Å². The van der Waals surface area contributed by atoms with E-state index in [-0.39, 0.29) is 5.78 Å². The Kier molecular flexibility index (Phi) is 5.38. The fraction of sp³-hybridized carbons (Fsp3) is 0.385. The summed E-state index contributed by atoms with van der Waals surface area (Å²) < 4.78 is 10.9. The molecule has 2 aliphatic rings. The van der Waals surface area contributed by atoms with Crippen LogP contribution in [0.4, 0.5) is 0 Å².